The molecule has 4 rings (SSSR count). The zero-order valence-corrected chi connectivity index (χ0v) is 28.1. The maximum Gasteiger partial charge on any atom is 0.192 e. The lowest BCUT2D eigenvalue weighted by atomic mass is 9.98. The summed E-state index contributed by atoms with van der Waals surface area (Å²) >= 11 is 8.27. The van der Waals surface area contributed by atoms with Gasteiger partial charge in [0.1, 0.15) is 11.6 Å². The third-order valence-corrected chi connectivity index (χ3v) is 14.3. The van der Waals surface area contributed by atoms with Crippen LogP contribution in [0, 0.1) is 37.9 Å². The summed E-state index contributed by atoms with van der Waals surface area (Å²) in [6.45, 7) is 15.6. The van der Waals surface area contributed by atoms with Gasteiger partial charge in [0.15, 0.2) is 13.4 Å². The van der Waals surface area contributed by atoms with Gasteiger partial charge in [0.2, 0.25) is 0 Å². The van der Waals surface area contributed by atoms with E-state index in [-0.39, 0.29) is 23.5 Å². The smallest absolute Gasteiger partial charge is 0.192 e. The maximum atomic E-state index is 15.6. The molecule has 1 atom stereocenters. The van der Waals surface area contributed by atoms with Crippen LogP contribution in [0.25, 0.3) is 11.3 Å². The molecule has 1 aromatic heterocycles. The molecule has 8 heteroatoms. The Bertz CT molecular complexity index is 1440. The van der Waals surface area contributed by atoms with E-state index in [4.69, 9.17) is 32.2 Å². The highest BCUT2D eigenvalue weighted by Gasteiger charge is 2.37. The van der Waals surface area contributed by atoms with Crippen molar-refractivity contribution in [2.45, 2.75) is 84.7 Å². The second-order valence-electron chi connectivity index (χ2n) is 12.6. The van der Waals surface area contributed by atoms with Crippen molar-refractivity contribution in [3.8, 4) is 29.4 Å². The summed E-state index contributed by atoms with van der Waals surface area (Å²) in [4.78, 5) is 8.27. The fourth-order valence-electron chi connectivity index (χ4n) is 4.70. The molecular formula is C33H42ClFN2O2SSi. The van der Waals surface area contributed by atoms with Gasteiger partial charge in [-0.2, -0.15) is 0 Å². The van der Waals surface area contributed by atoms with Gasteiger partial charge in [-0.1, -0.05) is 63.3 Å². The molecule has 1 aliphatic rings. The lowest BCUT2D eigenvalue weighted by Crippen LogP contribution is -2.40. The van der Waals surface area contributed by atoms with E-state index in [9.17, 15) is 0 Å². The number of anilines is 1. The zero-order valence-electron chi connectivity index (χ0n) is 25.5. The Morgan fingerprint density at radius 3 is 2.51 bits per heavy atom. The number of ether oxygens (including phenoxy) is 1. The van der Waals surface area contributed by atoms with Crippen LogP contribution in [0.4, 0.5) is 9.52 Å². The first-order valence-corrected chi connectivity index (χ1v) is 18.3. The molecule has 0 saturated heterocycles. The monoisotopic (exact) mass is 612 g/mol. The minimum absolute atomic E-state index is 0.0634. The molecule has 41 heavy (non-hydrogen) atoms. The molecule has 1 aliphatic carbocycles. The summed E-state index contributed by atoms with van der Waals surface area (Å²) in [5, 5.41) is 1.47. The van der Waals surface area contributed by atoms with Gasteiger partial charge >= 0.3 is 0 Å². The van der Waals surface area contributed by atoms with Crippen molar-refractivity contribution >= 4 is 36.4 Å². The van der Waals surface area contributed by atoms with E-state index < -0.39 is 8.32 Å². The van der Waals surface area contributed by atoms with Crippen molar-refractivity contribution in [3.05, 3.63) is 62.7 Å². The van der Waals surface area contributed by atoms with Gasteiger partial charge in [-0.25, -0.2) is 9.37 Å². The number of hydrogen-bond donors (Lipinski definition) is 0. The van der Waals surface area contributed by atoms with E-state index >= 15 is 4.39 Å². The predicted molar refractivity (Wildman–Crippen MR) is 173 cm³/mol. The first kappa shape index (κ1) is 31.6. The molecule has 2 aromatic carbocycles. The summed E-state index contributed by atoms with van der Waals surface area (Å²) in [7, 11) is -0.359. The van der Waals surface area contributed by atoms with Gasteiger partial charge in [-0.3, -0.25) is 0 Å². The van der Waals surface area contributed by atoms with Crippen molar-refractivity contribution in [1.82, 2.24) is 4.98 Å². The minimum atomic E-state index is -2.00. The standard InChI is InChI=1S/C33H42ClFN2O2SSi/c1-10-15-37(32-36-31(22(3)40-32)26-16-21(2)30(38-7)19-27(26)34)29(17-23-11-12-23)24-13-14-25(28(35)18-24)20-39-41(8,9)33(4,5)6/h1,13-14,16,18-19,23,29H,11-12,15,17,20H2,2-9H3. The topological polar surface area (TPSA) is 34.6 Å². The van der Waals surface area contributed by atoms with Crippen LogP contribution in [0.2, 0.25) is 23.2 Å². The van der Waals surface area contributed by atoms with Gasteiger partial charge in [0, 0.05) is 16.0 Å². The normalized spacial score (nSPS) is 14.6. The number of rotatable bonds is 11. The molecule has 3 aromatic rings. The van der Waals surface area contributed by atoms with E-state index in [0.717, 1.165) is 44.6 Å². The predicted octanol–water partition coefficient (Wildman–Crippen LogP) is 9.73. The number of benzene rings is 2. The number of halogens is 2. The first-order chi connectivity index (χ1) is 19.3. The second kappa shape index (κ2) is 12.5. The van der Waals surface area contributed by atoms with Crippen molar-refractivity contribution in [2.75, 3.05) is 18.6 Å². The van der Waals surface area contributed by atoms with Crippen LogP contribution < -0.4 is 9.64 Å². The van der Waals surface area contributed by atoms with E-state index in [0.29, 0.717) is 23.0 Å². The van der Waals surface area contributed by atoms with Crippen LogP contribution >= 0.6 is 22.9 Å². The highest BCUT2D eigenvalue weighted by atomic mass is 35.5. The molecule has 1 heterocycles. The number of thiazole rings is 1. The van der Waals surface area contributed by atoms with Gasteiger partial charge in [0.25, 0.3) is 0 Å². The Kier molecular flexibility index (Phi) is 9.60. The van der Waals surface area contributed by atoms with Gasteiger partial charge in [-0.05, 0) is 73.6 Å². The third kappa shape index (κ3) is 7.17. The molecule has 1 unspecified atom stereocenters. The molecule has 1 saturated carbocycles. The molecule has 0 amide bonds. The second-order valence-corrected chi connectivity index (χ2v) is 19.0. The summed E-state index contributed by atoms with van der Waals surface area (Å²) < 4.78 is 27.3. The Balaban J connectivity index is 1.67. The van der Waals surface area contributed by atoms with Gasteiger partial charge in [0.05, 0.1) is 37.0 Å². The molecule has 0 aliphatic heterocycles. The molecule has 0 N–H and O–H groups in total. The highest BCUT2D eigenvalue weighted by Crippen LogP contribution is 2.45. The van der Waals surface area contributed by atoms with Crippen LogP contribution in [0.15, 0.2) is 30.3 Å². The Hall–Kier alpha value is -2.37. The molecule has 0 spiro atoms. The number of methoxy groups -OCH3 is 1. The minimum Gasteiger partial charge on any atom is -0.496 e. The van der Waals surface area contributed by atoms with E-state index in [1.807, 2.05) is 38.1 Å². The summed E-state index contributed by atoms with van der Waals surface area (Å²) in [5.41, 5.74) is 4.18. The molecule has 4 nitrogen and oxygen atoms in total. The first-order valence-electron chi connectivity index (χ1n) is 14.2. The summed E-state index contributed by atoms with van der Waals surface area (Å²) in [6.07, 6.45) is 9.16. The maximum absolute atomic E-state index is 15.6. The van der Waals surface area contributed by atoms with Crippen molar-refractivity contribution in [2.24, 2.45) is 5.92 Å². The average molecular weight is 613 g/mol. The van der Waals surface area contributed by atoms with Crippen molar-refractivity contribution in [3.63, 3.8) is 0 Å². The highest BCUT2D eigenvalue weighted by molar-refractivity contribution is 7.16. The van der Waals surface area contributed by atoms with Crippen LogP contribution in [0.5, 0.6) is 5.75 Å². The molecule has 0 bridgehead atoms. The SMILES string of the molecule is C#CCN(c1nc(-c2cc(C)c(OC)cc2Cl)c(C)s1)C(CC1CC1)c1ccc(CO[Si](C)(C)C(C)(C)C)c(F)c1. The number of nitrogens with zero attached hydrogens (tertiary/aromatic N) is 2. The summed E-state index contributed by atoms with van der Waals surface area (Å²) in [6, 6.07) is 9.35. The largest absolute Gasteiger partial charge is 0.496 e. The van der Waals surface area contributed by atoms with E-state index in [1.54, 1.807) is 24.5 Å². The number of terminal acetylenes is 1. The van der Waals surface area contributed by atoms with E-state index in [1.165, 1.54) is 12.8 Å². The van der Waals surface area contributed by atoms with Crippen LogP contribution in [0.3, 0.4) is 0 Å². The molecule has 220 valence electrons. The number of aromatic nitrogens is 1. The van der Waals surface area contributed by atoms with Crippen LogP contribution in [0.1, 0.15) is 67.6 Å². The lowest BCUT2D eigenvalue weighted by molar-refractivity contribution is 0.271. The van der Waals surface area contributed by atoms with Crippen LogP contribution in [-0.2, 0) is 11.0 Å². The number of hydrogen-bond acceptors (Lipinski definition) is 5. The van der Waals surface area contributed by atoms with Gasteiger partial charge in [-0.15, -0.1) is 17.8 Å². The Morgan fingerprint density at radius 1 is 1.22 bits per heavy atom. The molecule has 0 radical (unpaired) electrons. The third-order valence-electron chi connectivity index (χ3n) is 8.52. The zero-order chi connectivity index (χ0) is 30.1. The quantitative estimate of drug-likeness (QED) is 0.159. The Labute approximate surface area is 255 Å². The van der Waals surface area contributed by atoms with Crippen molar-refractivity contribution in [1.29, 1.82) is 0 Å². The fraction of sp³-hybridized carbons (Fsp3) is 0.485. The molecular weight excluding hydrogens is 571 g/mol. The Morgan fingerprint density at radius 2 is 1.93 bits per heavy atom. The van der Waals surface area contributed by atoms with Crippen molar-refractivity contribution < 1.29 is 13.6 Å². The lowest BCUT2D eigenvalue weighted by Gasteiger charge is -2.36. The van der Waals surface area contributed by atoms with Crippen LogP contribution in [-0.4, -0.2) is 27.0 Å². The van der Waals surface area contributed by atoms with Gasteiger partial charge < -0.3 is 14.1 Å². The van der Waals surface area contributed by atoms with E-state index in [2.05, 4.69) is 44.7 Å². The fourth-order valence-corrected chi connectivity index (χ4v) is 6.87. The summed E-state index contributed by atoms with van der Waals surface area (Å²) in [5.74, 6) is 3.94. The molecule has 1 fully saturated rings. The number of aryl methyl sites for hydroxylation is 2. The average Bonchev–Trinajstić information content (AvgIpc) is 3.65.